The van der Waals surface area contributed by atoms with Crippen molar-refractivity contribution in [2.45, 2.75) is 64.3 Å². The molecule has 0 N–H and O–H groups in total. The number of halogens is 2. The number of Topliss-reactive ketones (excluding diaryl/α,β-unsaturated/α-hetero) is 1. The van der Waals surface area contributed by atoms with Gasteiger partial charge in [-0.25, -0.2) is 4.79 Å². The molecule has 1 aromatic carbocycles. The first-order chi connectivity index (χ1) is 13.6. The number of alkyl halides is 2. The lowest BCUT2D eigenvalue weighted by Gasteiger charge is -2.47. The highest BCUT2D eigenvalue weighted by Gasteiger charge is 2.45. The highest BCUT2D eigenvalue weighted by molar-refractivity contribution is 5.84. The van der Waals surface area contributed by atoms with Crippen LogP contribution in [-0.4, -0.2) is 54.3 Å². The van der Waals surface area contributed by atoms with Crippen LogP contribution in [0, 0.1) is 5.92 Å². The SMILES string of the molecule is CC(C)(C)OC(=O)N1C2COCC1CC(C(=O)Cc1ccccc1OC(F)F)C2. The van der Waals surface area contributed by atoms with E-state index in [2.05, 4.69) is 4.74 Å². The molecule has 2 unspecified atom stereocenters. The fraction of sp³-hybridized carbons (Fsp3) is 0.619. The highest BCUT2D eigenvalue weighted by atomic mass is 19.3. The number of nitrogens with zero attached hydrogens (tertiary/aromatic N) is 1. The summed E-state index contributed by atoms with van der Waals surface area (Å²) in [6.45, 7) is 3.19. The van der Waals surface area contributed by atoms with Crippen molar-refractivity contribution in [2.24, 2.45) is 5.92 Å². The quantitative estimate of drug-likeness (QED) is 0.737. The third kappa shape index (κ3) is 5.44. The molecule has 2 atom stereocenters. The lowest BCUT2D eigenvalue weighted by atomic mass is 9.81. The molecule has 2 aliphatic rings. The van der Waals surface area contributed by atoms with E-state index in [4.69, 9.17) is 9.47 Å². The Hall–Kier alpha value is -2.22. The van der Waals surface area contributed by atoms with Crippen LogP contribution in [0.3, 0.4) is 0 Å². The van der Waals surface area contributed by atoms with Gasteiger partial charge in [-0.15, -0.1) is 0 Å². The topological polar surface area (TPSA) is 65.1 Å². The van der Waals surface area contributed by atoms with Crippen LogP contribution in [0.4, 0.5) is 13.6 Å². The molecule has 2 bridgehead atoms. The molecule has 0 aromatic heterocycles. The molecule has 2 fully saturated rings. The molecule has 29 heavy (non-hydrogen) atoms. The monoisotopic (exact) mass is 411 g/mol. The molecule has 1 aromatic rings. The van der Waals surface area contributed by atoms with E-state index in [0.29, 0.717) is 31.6 Å². The van der Waals surface area contributed by atoms with Crippen LogP contribution in [0.1, 0.15) is 39.2 Å². The Morgan fingerprint density at radius 2 is 1.79 bits per heavy atom. The summed E-state index contributed by atoms with van der Waals surface area (Å²) in [5.41, 5.74) is -0.165. The summed E-state index contributed by atoms with van der Waals surface area (Å²) in [5.74, 6) is -0.297. The van der Waals surface area contributed by atoms with Crippen LogP contribution in [0.25, 0.3) is 0 Å². The highest BCUT2D eigenvalue weighted by Crippen LogP contribution is 2.34. The fourth-order valence-corrected chi connectivity index (χ4v) is 3.98. The van der Waals surface area contributed by atoms with Crippen LogP contribution < -0.4 is 4.74 Å². The minimum atomic E-state index is -2.94. The number of fused-ring (bicyclic) bond motifs is 2. The van der Waals surface area contributed by atoms with Gasteiger partial charge in [-0.1, -0.05) is 18.2 Å². The second-order valence-corrected chi connectivity index (χ2v) is 8.53. The number of morpholine rings is 1. The predicted molar refractivity (Wildman–Crippen MR) is 101 cm³/mol. The zero-order chi connectivity index (χ0) is 21.2. The normalized spacial score (nSPS) is 24.3. The van der Waals surface area contributed by atoms with Gasteiger partial charge >= 0.3 is 12.7 Å². The molecule has 3 rings (SSSR count). The van der Waals surface area contributed by atoms with Gasteiger partial charge in [0.15, 0.2) is 0 Å². The van der Waals surface area contributed by atoms with Gasteiger partial charge in [-0.2, -0.15) is 8.78 Å². The molecule has 0 aliphatic carbocycles. The Morgan fingerprint density at radius 3 is 2.38 bits per heavy atom. The van der Waals surface area contributed by atoms with Gasteiger partial charge in [0, 0.05) is 17.9 Å². The van der Waals surface area contributed by atoms with Crippen LogP contribution in [0.5, 0.6) is 5.75 Å². The number of hydrogen-bond acceptors (Lipinski definition) is 5. The molecular weight excluding hydrogens is 384 g/mol. The first-order valence-corrected chi connectivity index (χ1v) is 9.78. The summed E-state index contributed by atoms with van der Waals surface area (Å²) >= 11 is 0. The first kappa shape index (κ1) is 21.5. The van der Waals surface area contributed by atoms with Crippen molar-refractivity contribution >= 4 is 11.9 Å². The van der Waals surface area contributed by atoms with E-state index in [-0.39, 0.29) is 36.0 Å². The lowest BCUT2D eigenvalue weighted by Crippen LogP contribution is -2.60. The smallest absolute Gasteiger partial charge is 0.410 e. The van der Waals surface area contributed by atoms with E-state index in [1.165, 1.54) is 6.07 Å². The van der Waals surface area contributed by atoms with Gasteiger partial charge in [0.2, 0.25) is 0 Å². The van der Waals surface area contributed by atoms with E-state index in [9.17, 15) is 18.4 Å². The molecule has 0 spiro atoms. The van der Waals surface area contributed by atoms with Crippen molar-refractivity contribution in [1.29, 1.82) is 0 Å². The van der Waals surface area contributed by atoms with Crippen LogP contribution >= 0.6 is 0 Å². The van der Waals surface area contributed by atoms with Gasteiger partial charge in [0.1, 0.15) is 17.1 Å². The van der Waals surface area contributed by atoms with Crippen LogP contribution in [0.15, 0.2) is 24.3 Å². The number of carbonyl (C=O) groups is 2. The van der Waals surface area contributed by atoms with Gasteiger partial charge in [0.05, 0.1) is 25.3 Å². The number of piperidine rings is 1. The summed E-state index contributed by atoms with van der Waals surface area (Å²) in [6, 6.07) is 5.86. The minimum Gasteiger partial charge on any atom is -0.444 e. The summed E-state index contributed by atoms with van der Waals surface area (Å²) < 4.78 is 40.9. The zero-order valence-corrected chi connectivity index (χ0v) is 16.9. The summed E-state index contributed by atoms with van der Waals surface area (Å²) in [6.07, 6.45) is 0.552. The maximum absolute atomic E-state index is 12.9. The molecule has 2 heterocycles. The van der Waals surface area contributed by atoms with Crippen LogP contribution in [-0.2, 0) is 20.7 Å². The Morgan fingerprint density at radius 1 is 1.17 bits per heavy atom. The average molecular weight is 411 g/mol. The predicted octanol–water partition coefficient (Wildman–Crippen LogP) is 3.81. The second kappa shape index (κ2) is 8.65. The largest absolute Gasteiger partial charge is 0.444 e. The van der Waals surface area contributed by atoms with Gasteiger partial charge in [-0.3, -0.25) is 9.69 Å². The number of ketones is 1. The fourth-order valence-electron chi connectivity index (χ4n) is 3.98. The Balaban J connectivity index is 1.68. The molecule has 0 saturated carbocycles. The summed E-state index contributed by atoms with van der Waals surface area (Å²) in [7, 11) is 0. The van der Waals surface area contributed by atoms with Crippen molar-refractivity contribution in [3.8, 4) is 5.75 Å². The number of rotatable bonds is 5. The van der Waals surface area contributed by atoms with E-state index >= 15 is 0 Å². The average Bonchev–Trinajstić information content (AvgIpc) is 2.60. The zero-order valence-electron chi connectivity index (χ0n) is 16.9. The summed E-state index contributed by atoms with van der Waals surface area (Å²) in [5, 5.41) is 0. The lowest BCUT2D eigenvalue weighted by molar-refractivity contribution is -0.131. The Bertz CT molecular complexity index is 735. The minimum absolute atomic E-state index is 0.0142. The molecular formula is C21H27F2NO5. The molecule has 8 heteroatoms. The molecule has 0 radical (unpaired) electrons. The van der Waals surface area contributed by atoms with E-state index < -0.39 is 18.3 Å². The molecule has 1 amide bonds. The van der Waals surface area contributed by atoms with Gasteiger partial charge < -0.3 is 14.2 Å². The van der Waals surface area contributed by atoms with Crippen molar-refractivity contribution in [3.05, 3.63) is 29.8 Å². The van der Waals surface area contributed by atoms with Crippen molar-refractivity contribution in [1.82, 2.24) is 4.90 Å². The van der Waals surface area contributed by atoms with Crippen molar-refractivity contribution in [2.75, 3.05) is 13.2 Å². The third-order valence-electron chi connectivity index (χ3n) is 5.13. The summed E-state index contributed by atoms with van der Waals surface area (Å²) in [4.78, 5) is 27.2. The van der Waals surface area contributed by atoms with Crippen LogP contribution in [0.2, 0.25) is 0 Å². The molecule has 6 nitrogen and oxygen atoms in total. The molecule has 2 aliphatic heterocycles. The number of hydrogen-bond donors (Lipinski definition) is 0. The third-order valence-corrected chi connectivity index (χ3v) is 5.13. The van der Waals surface area contributed by atoms with Gasteiger partial charge in [-0.05, 0) is 39.7 Å². The Labute approximate surface area is 169 Å². The number of para-hydroxylation sites is 1. The van der Waals surface area contributed by atoms with Crippen molar-refractivity contribution in [3.63, 3.8) is 0 Å². The number of benzene rings is 1. The second-order valence-electron chi connectivity index (χ2n) is 8.53. The van der Waals surface area contributed by atoms with Crippen molar-refractivity contribution < 1.29 is 32.6 Å². The molecule has 160 valence electrons. The Kier molecular flexibility index (Phi) is 6.41. The maximum atomic E-state index is 12.9. The van der Waals surface area contributed by atoms with E-state index in [1.54, 1.807) is 23.1 Å². The number of ether oxygens (including phenoxy) is 3. The molecule has 2 saturated heterocycles. The maximum Gasteiger partial charge on any atom is 0.410 e. The van der Waals surface area contributed by atoms with E-state index in [0.717, 1.165) is 0 Å². The standard InChI is InChI=1S/C21H27F2NO5/c1-21(2,3)29-20(26)24-15-8-14(9-16(24)12-27-11-15)17(25)10-13-6-4-5-7-18(13)28-19(22)23/h4-7,14-16,19H,8-12H2,1-3H3. The number of carbonyl (C=O) groups excluding carboxylic acids is 2. The first-order valence-electron chi connectivity index (χ1n) is 9.78. The van der Waals surface area contributed by atoms with E-state index in [1.807, 2.05) is 20.8 Å². The number of amides is 1. The van der Waals surface area contributed by atoms with Gasteiger partial charge in [0.25, 0.3) is 0 Å².